The number of carboxylic acids is 1. The number of hydrogen-bond donors (Lipinski definition) is 2. The second-order valence-corrected chi connectivity index (χ2v) is 8.64. The van der Waals surface area contributed by atoms with Crippen LogP contribution in [0.1, 0.15) is 48.0 Å². The van der Waals surface area contributed by atoms with Crippen LogP contribution in [-0.2, 0) is 33.3 Å². The number of esters is 2. The molecule has 0 radical (unpaired) electrons. The molecule has 11 nitrogen and oxygen atoms in total. The lowest BCUT2D eigenvalue weighted by Gasteiger charge is -2.28. The molecule has 0 spiro atoms. The Kier molecular flexibility index (Phi) is 10.2. The largest absolute Gasteiger partial charge is 0.479 e. The maximum Gasteiger partial charge on any atom is 0.410 e. The topological polar surface area (TPSA) is 155 Å². The zero-order valence-corrected chi connectivity index (χ0v) is 18.8. The summed E-state index contributed by atoms with van der Waals surface area (Å²) >= 11 is 0. The Morgan fingerprint density at radius 3 is 1.90 bits per heavy atom. The number of carbonyl (C=O) groups is 4. The molecule has 0 saturated carbocycles. The summed E-state index contributed by atoms with van der Waals surface area (Å²) in [6.07, 6.45) is -1.24. The lowest BCUT2D eigenvalue weighted by Crippen LogP contribution is -2.57. The summed E-state index contributed by atoms with van der Waals surface area (Å²) in [5.74, 6) is -3.58. The molecule has 0 aliphatic heterocycles. The third kappa shape index (κ3) is 10.4. The van der Waals surface area contributed by atoms with E-state index in [0.717, 1.165) is 4.90 Å². The van der Waals surface area contributed by atoms with E-state index in [1.54, 1.807) is 41.5 Å². The van der Waals surface area contributed by atoms with Crippen LogP contribution in [0.15, 0.2) is 0 Å². The number of ether oxygens (including phenoxy) is 4. The van der Waals surface area contributed by atoms with E-state index in [1.807, 2.05) is 0 Å². The van der Waals surface area contributed by atoms with Crippen LogP contribution in [0.4, 0.5) is 4.79 Å². The Labute approximate surface area is 176 Å². The van der Waals surface area contributed by atoms with E-state index in [0.29, 0.717) is 0 Å². The second kappa shape index (κ2) is 11.1. The van der Waals surface area contributed by atoms with Gasteiger partial charge in [0.15, 0.2) is 0 Å². The Bertz CT molecular complexity index is 622. The van der Waals surface area contributed by atoms with Crippen LogP contribution in [0.3, 0.4) is 0 Å². The highest BCUT2D eigenvalue weighted by Gasteiger charge is 2.45. The zero-order chi connectivity index (χ0) is 23.8. The highest BCUT2D eigenvalue weighted by molar-refractivity contribution is 6.03. The van der Waals surface area contributed by atoms with Crippen molar-refractivity contribution in [3.63, 3.8) is 0 Å². The van der Waals surface area contributed by atoms with Crippen molar-refractivity contribution in [2.24, 2.45) is 5.73 Å². The van der Waals surface area contributed by atoms with E-state index >= 15 is 0 Å². The summed E-state index contributed by atoms with van der Waals surface area (Å²) in [6, 6.07) is 0. The van der Waals surface area contributed by atoms with Crippen molar-refractivity contribution < 1.29 is 43.2 Å². The van der Waals surface area contributed by atoms with Gasteiger partial charge < -0.3 is 29.8 Å². The van der Waals surface area contributed by atoms with Gasteiger partial charge in [-0.25, -0.2) is 14.4 Å². The van der Waals surface area contributed by atoms with Crippen LogP contribution in [0.25, 0.3) is 0 Å². The summed E-state index contributed by atoms with van der Waals surface area (Å²) < 4.78 is 20.2. The Balaban J connectivity index is 4.95. The molecule has 30 heavy (non-hydrogen) atoms. The number of carbonyl (C=O) groups excluding carboxylic acids is 3. The molecule has 0 aromatic carbocycles. The first-order valence-corrected chi connectivity index (χ1v) is 9.40. The number of rotatable bonds is 10. The molecule has 0 aromatic rings. The van der Waals surface area contributed by atoms with Crippen LogP contribution in [0, 0.1) is 0 Å². The summed E-state index contributed by atoms with van der Waals surface area (Å²) in [6.45, 7) is 9.08. The Morgan fingerprint density at radius 2 is 1.47 bits per heavy atom. The predicted molar refractivity (Wildman–Crippen MR) is 106 cm³/mol. The van der Waals surface area contributed by atoms with Crippen molar-refractivity contribution in [1.29, 1.82) is 0 Å². The van der Waals surface area contributed by atoms with Crippen LogP contribution >= 0.6 is 0 Å². The molecule has 174 valence electrons. The average molecular weight is 434 g/mol. The van der Waals surface area contributed by atoms with Gasteiger partial charge in [-0.3, -0.25) is 9.69 Å². The average Bonchev–Trinajstić information content (AvgIpc) is 2.54. The van der Waals surface area contributed by atoms with Crippen molar-refractivity contribution >= 4 is 24.0 Å². The van der Waals surface area contributed by atoms with Crippen molar-refractivity contribution in [2.75, 3.05) is 33.4 Å². The van der Waals surface area contributed by atoms with Gasteiger partial charge in [0.2, 0.25) is 5.54 Å². The maximum absolute atomic E-state index is 12.2. The van der Waals surface area contributed by atoms with Crippen LogP contribution in [-0.4, -0.2) is 84.2 Å². The highest BCUT2D eigenvalue weighted by atomic mass is 16.6. The minimum atomic E-state index is -2.38. The van der Waals surface area contributed by atoms with Crippen molar-refractivity contribution in [2.45, 2.75) is 64.7 Å². The first-order chi connectivity index (χ1) is 13.5. The minimum Gasteiger partial charge on any atom is -0.479 e. The fourth-order valence-corrected chi connectivity index (χ4v) is 1.96. The molecular weight excluding hydrogens is 400 g/mol. The van der Waals surface area contributed by atoms with Gasteiger partial charge in [0.05, 0.1) is 13.2 Å². The fraction of sp³-hybridized carbons (Fsp3) is 0.789. The lowest BCUT2D eigenvalue weighted by molar-refractivity contribution is -0.171. The number of carboxylic acid groups (broad SMARTS) is 1. The number of amides is 1. The van der Waals surface area contributed by atoms with Gasteiger partial charge in [-0.2, -0.15) is 0 Å². The molecule has 0 heterocycles. The van der Waals surface area contributed by atoms with Gasteiger partial charge in [-0.15, -0.1) is 0 Å². The summed E-state index contributed by atoms with van der Waals surface area (Å²) in [7, 11) is 1.44. The molecule has 3 N–H and O–H groups in total. The van der Waals surface area contributed by atoms with E-state index < -0.39 is 60.3 Å². The van der Waals surface area contributed by atoms with Gasteiger partial charge >= 0.3 is 24.0 Å². The van der Waals surface area contributed by atoms with Crippen LogP contribution < -0.4 is 5.73 Å². The van der Waals surface area contributed by atoms with E-state index in [4.69, 9.17) is 24.7 Å². The van der Waals surface area contributed by atoms with E-state index in [-0.39, 0.29) is 13.2 Å². The molecule has 0 aliphatic carbocycles. The van der Waals surface area contributed by atoms with Gasteiger partial charge in [0.1, 0.15) is 17.7 Å². The number of aliphatic carboxylic acids is 1. The van der Waals surface area contributed by atoms with E-state index in [1.165, 1.54) is 7.11 Å². The normalized spacial score (nSPS) is 13.7. The number of nitrogens with zero attached hydrogens (tertiary/aromatic N) is 1. The molecule has 11 heteroatoms. The molecule has 0 bridgehead atoms. The summed E-state index contributed by atoms with van der Waals surface area (Å²) in [5, 5.41) is 9.34. The smallest absolute Gasteiger partial charge is 0.410 e. The van der Waals surface area contributed by atoms with Crippen LogP contribution in [0.2, 0.25) is 0 Å². The second-order valence-electron chi connectivity index (χ2n) is 8.64. The van der Waals surface area contributed by atoms with Gasteiger partial charge in [0, 0.05) is 20.1 Å². The number of methoxy groups -OCH3 is 1. The van der Waals surface area contributed by atoms with Gasteiger partial charge in [-0.1, -0.05) is 0 Å². The number of hydrogen-bond acceptors (Lipinski definition) is 9. The van der Waals surface area contributed by atoms with Gasteiger partial charge in [-0.05, 0) is 41.5 Å². The molecule has 0 aliphatic rings. The summed E-state index contributed by atoms with van der Waals surface area (Å²) in [5.41, 5.74) is 1.61. The van der Waals surface area contributed by atoms with Crippen molar-refractivity contribution in [3.8, 4) is 0 Å². The standard InChI is InChI=1S/C19H34N2O9/c1-17(2,3)29-15(25)19(20,14(23)24)8-10-28-13(22)12-21(9-11-27-7)16(26)30-18(4,5)6/h8-12,20H2,1-7H3,(H,23,24). The zero-order valence-electron chi connectivity index (χ0n) is 18.8. The number of nitrogens with two attached hydrogens (primary N) is 1. The van der Waals surface area contributed by atoms with E-state index in [9.17, 15) is 24.3 Å². The first kappa shape index (κ1) is 27.6. The third-order valence-corrected chi connectivity index (χ3v) is 3.44. The first-order valence-electron chi connectivity index (χ1n) is 9.40. The fourth-order valence-electron chi connectivity index (χ4n) is 1.96. The van der Waals surface area contributed by atoms with Crippen molar-refractivity contribution in [3.05, 3.63) is 0 Å². The summed E-state index contributed by atoms with van der Waals surface area (Å²) in [4.78, 5) is 49.1. The Morgan fingerprint density at radius 1 is 0.933 bits per heavy atom. The highest BCUT2D eigenvalue weighted by Crippen LogP contribution is 2.17. The minimum absolute atomic E-state index is 0.0778. The molecule has 0 fully saturated rings. The van der Waals surface area contributed by atoms with E-state index in [2.05, 4.69) is 0 Å². The quantitative estimate of drug-likeness (QED) is 0.288. The SMILES string of the molecule is COCCN(CC(=O)OCCC(N)(C(=O)O)C(=O)OC(C)(C)C)C(=O)OC(C)(C)C. The predicted octanol–water partition coefficient (Wildman–Crippen LogP) is 0.927. The molecule has 0 rings (SSSR count). The van der Waals surface area contributed by atoms with Gasteiger partial charge in [0.25, 0.3) is 0 Å². The monoisotopic (exact) mass is 434 g/mol. The lowest BCUT2D eigenvalue weighted by atomic mass is 9.97. The molecule has 0 saturated heterocycles. The van der Waals surface area contributed by atoms with Crippen molar-refractivity contribution in [1.82, 2.24) is 4.90 Å². The molecule has 1 amide bonds. The van der Waals surface area contributed by atoms with Crippen LogP contribution in [0.5, 0.6) is 0 Å². The molecular formula is C19H34N2O9. The molecule has 1 unspecified atom stereocenters. The maximum atomic E-state index is 12.2. The Hall–Kier alpha value is -2.40. The third-order valence-electron chi connectivity index (χ3n) is 3.44. The molecule has 0 aromatic heterocycles. The molecule has 1 atom stereocenters.